The van der Waals surface area contributed by atoms with Gasteiger partial charge in [0.25, 0.3) is 0 Å². The van der Waals surface area contributed by atoms with E-state index in [-0.39, 0.29) is 29.5 Å². The van der Waals surface area contributed by atoms with E-state index in [0.29, 0.717) is 19.0 Å². The number of benzene rings is 1. The molecule has 1 aromatic carbocycles. The summed E-state index contributed by atoms with van der Waals surface area (Å²) in [7, 11) is 0. The molecule has 24 heavy (non-hydrogen) atoms. The van der Waals surface area contributed by atoms with E-state index in [4.69, 9.17) is 15.2 Å². The Bertz CT molecular complexity index is 736. The van der Waals surface area contributed by atoms with Crippen molar-refractivity contribution in [2.24, 2.45) is 0 Å². The number of aldehydes is 1. The Kier molecular flexibility index (Phi) is 5.35. The number of carbonyl (C=O) groups excluding carboxylic acids is 1. The zero-order chi connectivity index (χ0) is 17.7. The number of halogens is 3. The lowest BCUT2D eigenvalue weighted by Gasteiger charge is -2.15. The van der Waals surface area contributed by atoms with Crippen LogP contribution in [0, 0.1) is 0 Å². The van der Waals surface area contributed by atoms with Crippen LogP contribution in [0.5, 0.6) is 5.75 Å². The van der Waals surface area contributed by atoms with E-state index in [0.717, 1.165) is 0 Å². The van der Waals surface area contributed by atoms with Gasteiger partial charge in [-0.25, -0.2) is 0 Å². The van der Waals surface area contributed by atoms with E-state index in [1.54, 1.807) is 6.92 Å². The third-order valence-corrected chi connectivity index (χ3v) is 3.02. The Labute approximate surface area is 135 Å². The molecule has 0 unspecified atom stereocenters. The zero-order valence-electron chi connectivity index (χ0n) is 12.6. The van der Waals surface area contributed by atoms with Crippen LogP contribution in [0.15, 0.2) is 24.3 Å². The molecule has 9 heteroatoms. The molecule has 0 aliphatic heterocycles. The number of hydrogen-bond donors (Lipinski definition) is 1. The zero-order valence-corrected chi connectivity index (χ0v) is 12.6. The molecule has 0 saturated carbocycles. The second kappa shape index (κ2) is 7.26. The van der Waals surface area contributed by atoms with Crippen molar-refractivity contribution in [3.8, 4) is 17.0 Å². The maximum absolute atomic E-state index is 13.3. The van der Waals surface area contributed by atoms with E-state index in [1.165, 1.54) is 18.2 Å². The van der Waals surface area contributed by atoms with Gasteiger partial charge in [-0.05, 0) is 25.1 Å². The molecule has 0 radical (unpaired) electrons. The minimum atomic E-state index is -4.68. The summed E-state index contributed by atoms with van der Waals surface area (Å²) in [6.45, 7) is 1.91. The molecule has 128 valence electrons. The Morgan fingerprint density at radius 1 is 1.25 bits per heavy atom. The van der Waals surface area contributed by atoms with E-state index < -0.39 is 17.4 Å². The highest BCUT2D eigenvalue weighted by Crippen LogP contribution is 2.39. The van der Waals surface area contributed by atoms with Crippen LogP contribution in [-0.4, -0.2) is 29.9 Å². The molecule has 1 aromatic heterocycles. The van der Waals surface area contributed by atoms with Gasteiger partial charge in [0.05, 0.1) is 5.56 Å². The Morgan fingerprint density at radius 2 is 2.00 bits per heavy atom. The SMILES string of the molecule is CCOCOc1cc(C=O)ccc1-c1nnc(N)cc1C(F)(F)F. The first-order valence-corrected chi connectivity index (χ1v) is 6.87. The van der Waals surface area contributed by atoms with Crippen molar-refractivity contribution in [2.75, 3.05) is 19.1 Å². The summed E-state index contributed by atoms with van der Waals surface area (Å²) < 4.78 is 50.1. The maximum Gasteiger partial charge on any atom is 0.418 e. The summed E-state index contributed by atoms with van der Waals surface area (Å²) in [6.07, 6.45) is -4.13. The van der Waals surface area contributed by atoms with Gasteiger partial charge in [-0.1, -0.05) is 6.07 Å². The van der Waals surface area contributed by atoms with E-state index in [1.807, 2.05) is 0 Å². The van der Waals surface area contributed by atoms with Crippen molar-refractivity contribution < 1.29 is 27.4 Å². The number of rotatable bonds is 6. The highest BCUT2D eigenvalue weighted by Gasteiger charge is 2.36. The minimum absolute atomic E-state index is 0.0256. The van der Waals surface area contributed by atoms with Crippen LogP contribution in [0.3, 0.4) is 0 Å². The molecular formula is C15H14F3N3O3. The number of anilines is 1. The van der Waals surface area contributed by atoms with Crippen LogP contribution >= 0.6 is 0 Å². The molecule has 0 atom stereocenters. The molecular weight excluding hydrogens is 327 g/mol. The molecule has 0 fully saturated rings. The van der Waals surface area contributed by atoms with Crippen LogP contribution in [0.1, 0.15) is 22.8 Å². The fourth-order valence-corrected chi connectivity index (χ4v) is 1.94. The maximum atomic E-state index is 13.3. The number of nitrogen functional groups attached to an aromatic ring is 1. The first kappa shape index (κ1) is 17.7. The van der Waals surface area contributed by atoms with Gasteiger partial charge >= 0.3 is 6.18 Å². The van der Waals surface area contributed by atoms with Crippen molar-refractivity contribution in [1.82, 2.24) is 10.2 Å². The second-order valence-electron chi connectivity index (χ2n) is 4.66. The number of alkyl halides is 3. The third kappa shape index (κ3) is 3.99. The van der Waals surface area contributed by atoms with Crippen LogP contribution < -0.4 is 10.5 Å². The van der Waals surface area contributed by atoms with Crippen molar-refractivity contribution in [3.05, 3.63) is 35.4 Å². The van der Waals surface area contributed by atoms with Crippen molar-refractivity contribution in [3.63, 3.8) is 0 Å². The van der Waals surface area contributed by atoms with Gasteiger partial charge in [0.2, 0.25) is 0 Å². The van der Waals surface area contributed by atoms with Gasteiger partial charge in [0.15, 0.2) is 6.79 Å². The summed E-state index contributed by atoms with van der Waals surface area (Å²) in [5.41, 5.74) is 4.09. The van der Waals surface area contributed by atoms with E-state index >= 15 is 0 Å². The van der Waals surface area contributed by atoms with Gasteiger partial charge in [-0.15, -0.1) is 10.2 Å². The van der Waals surface area contributed by atoms with Crippen LogP contribution in [0.4, 0.5) is 19.0 Å². The molecule has 0 spiro atoms. The van der Waals surface area contributed by atoms with Crippen LogP contribution in [-0.2, 0) is 10.9 Å². The Hall–Kier alpha value is -2.68. The predicted molar refractivity (Wildman–Crippen MR) is 79.4 cm³/mol. The summed E-state index contributed by atoms with van der Waals surface area (Å²) in [6, 6.07) is 4.66. The number of ether oxygens (including phenoxy) is 2. The molecule has 2 aromatic rings. The molecule has 2 rings (SSSR count). The molecule has 2 N–H and O–H groups in total. The highest BCUT2D eigenvalue weighted by atomic mass is 19.4. The highest BCUT2D eigenvalue weighted by molar-refractivity contribution is 5.80. The molecule has 0 bridgehead atoms. The van der Waals surface area contributed by atoms with Gasteiger partial charge in [-0.2, -0.15) is 13.2 Å². The Balaban J connectivity index is 2.57. The molecule has 0 aliphatic carbocycles. The number of hydrogen-bond acceptors (Lipinski definition) is 6. The van der Waals surface area contributed by atoms with Gasteiger partial charge in [0, 0.05) is 17.7 Å². The first-order chi connectivity index (χ1) is 11.4. The monoisotopic (exact) mass is 341 g/mol. The van der Waals surface area contributed by atoms with Crippen molar-refractivity contribution >= 4 is 12.1 Å². The van der Waals surface area contributed by atoms with Crippen LogP contribution in [0.25, 0.3) is 11.3 Å². The number of carbonyl (C=O) groups is 1. The molecule has 0 amide bonds. The lowest BCUT2D eigenvalue weighted by atomic mass is 10.0. The lowest BCUT2D eigenvalue weighted by Crippen LogP contribution is -2.12. The first-order valence-electron chi connectivity index (χ1n) is 6.87. The largest absolute Gasteiger partial charge is 0.467 e. The van der Waals surface area contributed by atoms with Gasteiger partial charge in [-0.3, -0.25) is 4.79 Å². The number of nitrogens with zero attached hydrogens (tertiary/aromatic N) is 2. The third-order valence-electron chi connectivity index (χ3n) is 3.02. The van der Waals surface area contributed by atoms with E-state index in [2.05, 4.69) is 10.2 Å². The van der Waals surface area contributed by atoms with Gasteiger partial charge < -0.3 is 15.2 Å². The Morgan fingerprint density at radius 3 is 2.62 bits per heavy atom. The topological polar surface area (TPSA) is 87.3 Å². The number of aromatic nitrogens is 2. The molecule has 0 aliphatic rings. The summed E-state index contributed by atoms with van der Waals surface area (Å²) in [5, 5.41) is 7.04. The molecule has 1 heterocycles. The fraction of sp³-hybridized carbons (Fsp3) is 0.267. The summed E-state index contributed by atoms with van der Waals surface area (Å²) >= 11 is 0. The standard InChI is InChI=1S/C15H14F3N3O3/c1-2-23-8-24-12-5-9(7-22)3-4-10(12)14-11(15(16,17)18)6-13(19)20-21-14/h3-7H,2,8H2,1H3,(H2,19,20). The molecule has 6 nitrogen and oxygen atoms in total. The minimum Gasteiger partial charge on any atom is -0.467 e. The normalized spacial score (nSPS) is 11.3. The van der Waals surface area contributed by atoms with Crippen molar-refractivity contribution in [1.29, 1.82) is 0 Å². The fourth-order valence-electron chi connectivity index (χ4n) is 1.94. The summed E-state index contributed by atoms with van der Waals surface area (Å²) in [5.74, 6) is -0.329. The van der Waals surface area contributed by atoms with Crippen molar-refractivity contribution in [2.45, 2.75) is 13.1 Å². The average molecular weight is 341 g/mol. The molecule has 0 saturated heterocycles. The smallest absolute Gasteiger partial charge is 0.418 e. The second-order valence-corrected chi connectivity index (χ2v) is 4.66. The van der Waals surface area contributed by atoms with Crippen LogP contribution in [0.2, 0.25) is 0 Å². The quantitative estimate of drug-likeness (QED) is 0.494. The number of nitrogens with two attached hydrogens (primary N) is 1. The predicted octanol–water partition coefficient (Wildman–Crippen LogP) is 2.93. The lowest BCUT2D eigenvalue weighted by molar-refractivity contribution is -0.137. The summed E-state index contributed by atoms with van der Waals surface area (Å²) in [4.78, 5) is 10.9. The van der Waals surface area contributed by atoms with Gasteiger partial charge in [0.1, 0.15) is 23.5 Å². The average Bonchev–Trinajstić information content (AvgIpc) is 2.54. The van der Waals surface area contributed by atoms with E-state index in [9.17, 15) is 18.0 Å².